The fourth-order valence-corrected chi connectivity index (χ4v) is 3.14. The fraction of sp³-hybridized carbons (Fsp3) is 0.625. The normalized spacial score (nSPS) is 29.4. The van der Waals surface area contributed by atoms with Crippen LogP contribution in [0, 0.1) is 0 Å². The monoisotopic (exact) mass is 248 g/mol. The maximum atomic E-state index is 11.1. The second-order valence-corrected chi connectivity index (χ2v) is 6.46. The van der Waals surface area contributed by atoms with Crippen molar-refractivity contribution in [2.24, 2.45) is 0 Å². The van der Waals surface area contributed by atoms with Crippen LogP contribution in [0.4, 0.5) is 0 Å². The third kappa shape index (κ3) is 2.08. The van der Waals surface area contributed by atoms with Crippen molar-refractivity contribution < 1.29 is 9.84 Å². The molecule has 1 atom stereocenters. The molecule has 0 saturated carbocycles. The Morgan fingerprint density at radius 1 is 1.22 bits per heavy atom. The molecule has 0 bridgehead atoms. The summed E-state index contributed by atoms with van der Waals surface area (Å²) in [6, 6.07) is 8.23. The quantitative estimate of drug-likeness (QED) is 0.869. The van der Waals surface area contributed by atoms with Gasteiger partial charge in [0.25, 0.3) is 0 Å². The molecule has 1 aliphatic rings. The lowest BCUT2D eigenvalue weighted by Gasteiger charge is -2.35. The Morgan fingerprint density at radius 2 is 1.89 bits per heavy atom. The molecular weight excluding hydrogens is 224 g/mol. The summed E-state index contributed by atoms with van der Waals surface area (Å²) in [5.41, 5.74) is 0.448. The van der Waals surface area contributed by atoms with E-state index < -0.39 is 11.2 Å². The van der Waals surface area contributed by atoms with E-state index in [-0.39, 0.29) is 5.60 Å². The topological polar surface area (TPSA) is 29.5 Å². The van der Waals surface area contributed by atoms with Crippen LogP contribution in [0.5, 0.6) is 0 Å². The van der Waals surface area contributed by atoms with Crippen molar-refractivity contribution in [3.05, 3.63) is 35.4 Å². The summed E-state index contributed by atoms with van der Waals surface area (Å²) < 4.78 is 6.03. The molecule has 2 nitrogen and oxygen atoms in total. The van der Waals surface area contributed by atoms with Crippen LogP contribution >= 0.6 is 0 Å². The number of hydrogen-bond donors (Lipinski definition) is 1. The number of hydrogen-bond acceptors (Lipinski definition) is 2. The summed E-state index contributed by atoms with van der Waals surface area (Å²) in [5.74, 6) is 0. The van der Waals surface area contributed by atoms with Crippen LogP contribution in [0.15, 0.2) is 24.3 Å². The van der Waals surface area contributed by atoms with Gasteiger partial charge in [0.1, 0.15) is 5.60 Å². The van der Waals surface area contributed by atoms with Gasteiger partial charge in [0, 0.05) is 6.42 Å². The third-order valence-electron chi connectivity index (χ3n) is 4.02. The zero-order chi connectivity index (χ0) is 13.6. The maximum Gasteiger partial charge on any atom is 0.121 e. The highest BCUT2D eigenvalue weighted by Gasteiger charge is 2.57. The molecule has 2 rings (SSSR count). The van der Waals surface area contributed by atoms with Crippen LogP contribution in [0.2, 0.25) is 0 Å². The third-order valence-corrected chi connectivity index (χ3v) is 4.02. The molecule has 1 fully saturated rings. The van der Waals surface area contributed by atoms with Crippen molar-refractivity contribution >= 4 is 0 Å². The van der Waals surface area contributed by atoms with Crippen LogP contribution in [0.3, 0.4) is 0 Å². The molecule has 18 heavy (non-hydrogen) atoms. The van der Waals surface area contributed by atoms with E-state index in [9.17, 15) is 5.11 Å². The summed E-state index contributed by atoms with van der Waals surface area (Å²) in [6.45, 7) is 10.1. The number of benzene rings is 1. The van der Waals surface area contributed by atoms with Crippen LogP contribution in [-0.2, 0) is 16.8 Å². The average Bonchev–Trinajstić information content (AvgIpc) is 2.43. The minimum absolute atomic E-state index is 0.291. The van der Waals surface area contributed by atoms with Crippen molar-refractivity contribution in [2.45, 2.75) is 64.3 Å². The molecule has 0 amide bonds. The lowest BCUT2D eigenvalue weighted by Crippen LogP contribution is -2.43. The lowest BCUT2D eigenvalue weighted by atomic mass is 9.77. The van der Waals surface area contributed by atoms with E-state index in [1.54, 1.807) is 0 Å². The Labute approximate surface area is 110 Å². The number of ether oxygens (including phenoxy) is 1. The molecule has 0 radical (unpaired) electrons. The van der Waals surface area contributed by atoms with E-state index in [0.717, 1.165) is 12.0 Å². The van der Waals surface area contributed by atoms with E-state index in [0.29, 0.717) is 6.42 Å². The van der Waals surface area contributed by atoms with Crippen LogP contribution in [0.1, 0.15) is 52.2 Å². The van der Waals surface area contributed by atoms with Gasteiger partial charge in [0.15, 0.2) is 0 Å². The molecule has 1 aliphatic heterocycles. The zero-order valence-electron chi connectivity index (χ0n) is 12.1. The first kappa shape index (κ1) is 13.6. The van der Waals surface area contributed by atoms with Gasteiger partial charge in [-0.1, -0.05) is 31.2 Å². The highest BCUT2D eigenvalue weighted by atomic mass is 16.5. The van der Waals surface area contributed by atoms with Crippen LogP contribution in [-0.4, -0.2) is 16.3 Å². The fourth-order valence-electron chi connectivity index (χ4n) is 3.14. The van der Waals surface area contributed by atoms with Crippen LogP contribution < -0.4 is 0 Å². The summed E-state index contributed by atoms with van der Waals surface area (Å²) >= 11 is 0. The predicted octanol–water partition coefficient (Wildman–Crippen LogP) is 3.41. The highest BCUT2D eigenvalue weighted by Crippen LogP contribution is 2.50. The van der Waals surface area contributed by atoms with Crippen LogP contribution in [0.25, 0.3) is 0 Å². The van der Waals surface area contributed by atoms with Crippen molar-refractivity contribution in [1.82, 2.24) is 0 Å². The van der Waals surface area contributed by atoms with Gasteiger partial charge in [-0.05, 0) is 45.2 Å². The molecule has 2 heteroatoms. The Bertz CT molecular complexity index is 448. The second kappa shape index (κ2) is 4.07. The molecular formula is C16H24O2. The summed E-state index contributed by atoms with van der Waals surface area (Å²) in [5, 5.41) is 11.1. The molecule has 1 N–H and O–H groups in total. The lowest BCUT2D eigenvalue weighted by molar-refractivity contribution is -0.129. The van der Waals surface area contributed by atoms with E-state index in [2.05, 4.69) is 19.1 Å². The minimum Gasteiger partial charge on any atom is -0.382 e. The molecule has 1 saturated heterocycles. The summed E-state index contributed by atoms with van der Waals surface area (Å²) in [6.07, 6.45) is 1.61. The summed E-state index contributed by atoms with van der Waals surface area (Å²) in [4.78, 5) is 0. The van der Waals surface area contributed by atoms with E-state index in [1.807, 2.05) is 39.8 Å². The van der Waals surface area contributed by atoms with E-state index in [1.165, 1.54) is 5.56 Å². The van der Waals surface area contributed by atoms with Gasteiger partial charge in [-0.25, -0.2) is 0 Å². The Morgan fingerprint density at radius 3 is 2.39 bits per heavy atom. The molecule has 1 aromatic carbocycles. The first-order valence-electron chi connectivity index (χ1n) is 6.72. The Kier molecular flexibility index (Phi) is 3.07. The van der Waals surface area contributed by atoms with Gasteiger partial charge < -0.3 is 9.84 Å². The van der Waals surface area contributed by atoms with Gasteiger partial charge in [-0.2, -0.15) is 0 Å². The summed E-state index contributed by atoms with van der Waals surface area (Å²) in [7, 11) is 0. The molecule has 0 spiro atoms. The van der Waals surface area contributed by atoms with Crippen molar-refractivity contribution in [2.75, 3.05) is 0 Å². The molecule has 1 unspecified atom stereocenters. The SMILES string of the molecule is CCc1cccc(C2(O)CC(C)(C)OC2(C)C)c1. The van der Waals surface area contributed by atoms with Crippen molar-refractivity contribution in [1.29, 1.82) is 0 Å². The molecule has 0 aliphatic carbocycles. The second-order valence-electron chi connectivity index (χ2n) is 6.46. The zero-order valence-corrected chi connectivity index (χ0v) is 12.1. The van der Waals surface area contributed by atoms with Crippen molar-refractivity contribution in [3.63, 3.8) is 0 Å². The van der Waals surface area contributed by atoms with Gasteiger partial charge in [-0.15, -0.1) is 0 Å². The molecule has 1 aromatic rings. The molecule has 0 aromatic heterocycles. The van der Waals surface area contributed by atoms with E-state index in [4.69, 9.17) is 4.74 Å². The largest absolute Gasteiger partial charge is 0.382 e. The van der Waals surface area contributed by atoms with Gasteiger partial charge in [-0.3, -0.25) is 0 Å². The number of aryl methyl sites for hydroxylation is 1. The number of rotatable bonds is 2. The average molecular weight is 248 g/mol. The minimum atomic E-state index is -0.915. The Hall–Kier alpha value is -0.860. The van der Waals surface area contributed by atoms with Gasteiger partial charge >= 0.3 is 0 Å². The standard InChI is InChI=1S/C16H24O2/c1-6-12-8-7-9-13(10-12)16(17)11-14(2,3)18-15(16,4)5/h7-10,17H,6,11H2,1-5H3. The van der Waals surface area contributed by atoms with Gasteiger partial charge in [0.2, 0.25) is 0 Å². The molecule has 100 valence electrons. The number of aliphatic hydroxyl groups is 1. The van der Waals surface area contributed by atoms with Crippen molar-refractivity contribution in [3.8, 4) is 0 Å². The van der Waals surface area contributed by atoms with Gasteiger partial charge in [0.05, 0.1) is 11.2 Å². The smallest absolute Gasteiger partial charge is 0.121 e. The first-order valence-corrected chi connectivity index (χ1v) is 6.72. The Balaban J connectivity index is 2.47. The first-order chi connectivity index (χ1) is 8.20. The maximum absolute atomic E-state index is 11.1. The molecule has 1 heterocycles. The van der Waals surface area contributed by atoms with E-state index >= 15 is 0 Å². The predicted molar refractivity (Wildman–Crippen MR) is 73.6 cm³/mol. The highest BCUT2D eigenvalue weighted by molar-refractivity contribution is 5.32.